The number of fused-ring (bicyclic) bond motifs is 3. The molecule has 1 aliphatic rings. The molecule has 0 radical (unpaired) electrons. The van der Waals surface area contributed by atoms with Crippen LogP contribution in [0.15, 0.2) is 29.6 Å². The molecule has 1 N–H and O–H groups in total. The highest BCUT2D eigenvalue weighted by Gasteiger charge is 2.22. The number of ether oxygens (including phenoxy) is 2. The zero-order valence-corrected chi connectivity index (χ0v) is 18.5. The van der Waals surface area contributed by atoms with Crippen LogP contribution in [0.2, 0.25) is 0 Å². The smallest absolute Gasteiger partial charge is 0.339 e. The molecule has 0 fully saturated rings. The summed E-state index contributed by atoms with van der Waals surface area (Å²) in [6.07, 6.45) is 4.71. The molecule has 1 amide bonds. The lowest BCUT2D eigenvalue weighted by molar-refractivity contribution is -0.113. The van der Waals surface area contributed by atoms with E-state index in [-0.39, 0.29) is 28.5 Å². The van der Waals surface area contributed by atoms with Crippen LogP contribution in [-0.2, 0) is 27.1 Å². The number of nitrogens with one attached hydrogen (secondary N) is 1. The molecular formula is C21H19N3O5S2. The van der Waals surface area contributed by atoms with Crippen molar-refractivity contribution in [1.29, 1.82) is 0 Å². The lowest BCUT2D eigenvalue weighted by atomic mass is 10.1. The summed E-state index contributed by atoms with van der Waals surface area (Å²) in [5.74, 6) is -1.45. The van der Waals surface area contributed by atoms with E-state index in [9.17, 15) is 14.4 Å². The SMILES string of the molecule is COC(=O)c1ccc(C(=O)OC)c(NC(=O)CSc2ncnc3sc4c(c23)CCC4)c1. The minimum atomic E-state index is -0.620. The number of aromatic nitrogens is 2. The van der Waals surface area contributed by atoms with Gasteiger partial charge in [-0.25, -0.2) is 19.6 Å². The number of amides is 1. The minimum absolute atomic E-state index is 0.0831. The van der Waals surface area contributed by atoms with Crippen LogP contribution in [0.5, 0.6) is 0 Å². The number of benzene rings is 1. The van der Waals surface area contributed by atoms with Gasteiger partial charge in [-0.1, -0.05) is 11.8 Å². The van der Waals surface area contributed by atoms with E-state index in [0.717, 1.165) is 34.5 Å². The second kappa shape index (κ2) is 9.03. The van der Waals surface area contributed by atoms with E-state index in [4.69, 9.17) is 9.47 Å². The number of rotatable bonds is 6. The van der Waals surface area contributed by atoms with Crippen LogP contribution >= 0.6 is 23.1 Å². The monoisotopic (exact) mass is 457 g/mol. The Bertz CT molecular complexity index is 1190. The standard InChI is InChI=1S/C21H19N3O5S2/c1-28-20(26)11-6-7-12(21(27)29-2)14(8-11)24-16(25)9-30-18-17-13-4-3-5-15(13)31-19(17)23-10-22-18/h6-8,10H,3-5,9H2,1-2H3,(H,24,25). The fourth-order valence-electron chi connectivity index (χ4n) is 3.51. The first-order chi connectivity index (χ1) is 15.0. The second-order valence-electron chi connectivity index (χ2n) is 6.80. The van der Waals surface area contributed by atoms with Crippen LogP contribution < -0.4 is 5.32 Å². The molecule has 0 unspecified atom stereocenters. The van der Waals surface area contributed by atoms with E-state index < -0.39 is 11.9 Å². The molecule has 2 heterocycles. The van der Waals surface area contributed by atoms with Gasteiger partial charge in [-0.05, 0) is 43.0 Å². The van der Waals surface area contributed by atoms with E-state index in [2.05, 4.69) is 15.3 Å². The van der Waals surface area contributed by atoms with Crippen molar-refractivity contribution in [2.75, 3.05) is 25.3 Å². The lowest BCUT2D eigenvalue weighted by Gasteiger charge is -2.11. The predicted molar refractivity (Wildman–Crippen MR) is 118 cm³/mol. The second-order valence-corrected chi connectivity index (χ2v) is 8.84. The average molecular weight is 458 g/mol. The number of aryl methyl sites for hydroxylation is 2. The van der Waals surface area contributed by atoms with Crippen molar-refractivity contribution in [3.8, 4) is 0 Å². The Morgan fingerprint density at radius 3 is 2.71 bits per heavy atom. The summed E-state index contributed by atoms with van der Waals surface area (Å²) in [7, 11) is 2.51. The quantitative estimate of drug-likeness (QED) is 0.341. The highest BCUT2D eigenvalue weighted by Crippen LogP contribution is 2.40. The van der Waals surface area contributed by atoms with Crippen molar-refractivity contribution in [3.05, 3.63) is 46.1 Å². The Balaban J connectivity index is 1.53. The van der Waals surface area contributed by atoms with Gasteiger partial charge >= 0.3 is 11.9 Å². The molecule has 0 spiro atoms. The average Bonchev–Trinajstić information content (AvgIpc) is 3.38. The normalized spacial score (nSPS) is 12.5. The highest BCUT2D eigenvalue weighted by molar-refractivity contribution is 8.00. The van der Waals surface area contributed by atoms with E-state index >= 15 is 0 Å². The van der Waals surface area contributed by atoms with Gasteiger partial charge in [0.15, 0.2) is 0 Å². The number of nitrogens with zero attached hydrogens (tertiary/aromatic N) is 2. The van der Waals surface area contributed by atoms with Crippen LogP contribution in [0.4, 0.5) is 5.69 Å². The Kier molecular flexibility index (Phi) is 6.19. The van der Waals surface area contributed by atoms with Crippen molar-refractivity contribution in [2.45, 2.75) is 24.3 Å². The zero-order chi connectivity index (χ0) is 22.0. The van der Waals surface area contributed by atoms with Gasteiger partial charge in [0.1, 0.15) is 16.2 Å². The molecule has 1 aromatic carbocycles. The number of hydrogen-bond acceptors (Lipinski definition) is 9. The molecule has 0 atom stereocenters. The first-order valence-electron chi connectivity index (χ1n) is 9.50. The summed E-state index contributed by atoms with van der Waals surface area (Å²) in [4.78, 5) is 47.6. The van der Waals surface area contributed by atoms with Gasteiger partial charge in [0, 0.05) is 10.3 Å². The summed E-state index contributed by atoms with van der Waals surface area (Å²) in [5.41, 5.74) is 1.84. The maximum Gasteiger partial charge on any atom is 0.339 e. The Morgan fingerprint density at radius 2 is 1.94 bits per heavy atom. The van der Waals surface area contributed by atoms with Crippen LogP contribution in [0.25, 0.3) is 10.2 Å². The number of carbonyl (C=O) groups excluding carboxylic acids is 3. The molecule has 4 rings (SSSR count). The Morgan fingerprint density at radius 1 is 1.13 bits per heavy atom. The third kappa shape index (κ3) is 4.26. The van der Waals surface area contributed by atoms with Gasteiger partial charge < -0.3 is 14.8 Å². The molecule has 160 valence electrons. The highest BCUT2D eigenvalue weighted by atomic mass is 32.2. The molecule has 8 nitrogen and oxygen atoms in total. The molecule has 10 heteroatoms. The molecule has 0 saturated carbocycles. The zero-order valence-electron chi connectivity index (χ0n) is 16.9. The lowest BCUT2D eigenvalue weighted by Crippen LogP contribution is -2.18. The molecule has 0 aliphatic heterocycles. The van der Waals surface area contributed by atoms with Crippen molar-refractivity contribution in [3.63, 3.8) is 0 Å². The van der Waals surface area contributed by atoms with E-state index in [1.165, 1.54) is 60.9 Å². The maximum atomic E-state index is 12.7. The van der Waals surface area contributed by atoms with Crippen LogP contribution in [0, 0.1) is 0 Å². The first-order valence-corrected chi connectivity index (χ1v) is 11.3. The van der Waals surface area contributed by atoms with E-state index in [1.54, 1.807) is 11.3 Å². The number of hydrogen-bond donors (Lipinski definition) is 1. The summed E-state index contributed by atoms with van der Waals surface area (Å²) >= 11 is 3.01. The fraction of sp³-hybridized carbons (Fsp3) is 0.286. The number of methoxy groups -OCH3 is 2. The van der Waals surface area contributed by atoms with Gasteiger partial charge in [-0.3, -0.25) is 4.79 Å². The van der Waals surface area contributed by atoms with Gasteiger partial charge in [-0.15, -0.1) is 11.3 Å². The molecule has 3 aromatic rings. The Hall–Kier alpha value is -2.98. The van der Waals surface area contributed by atoms with E-state index in [0.29, 0.717) is 0 Å². The van der Waals surface area contributed by atoms with Gasteiger partial charge in [-0.2, -0.15) is 0 Å². The third-order valence-electron chi connectivity index (χ3n) is 4.93. The summed E-state index contributed by atoms with van der Waals surface area (Å²) in [6, 6.07) is 4.26. The number of thioether (sulfide) groups is 1. The van der Waals surface area contributed by atoms with Crippen LogP contribution in [0.3, 0.4) is 0 Å². The van der Waals surface area contributed by atoms with Gasteiger partial charge in [0.2, 0.25) is 5.91 Å². The van der Waals surface area contributed by atoms with Crippen molar-refractivity contribution in [2.24, 2.45) is 0 Å². The third-order valence-corrected chi connectivity index (χ3v) is 7.12. The number of thiophene rings is 1. The minimum Gasteiger partial charge on any atom is -0.465 e. The molecule has 2 aromatic heterocycles. The molecule has 0 bridgehead atoms. The summed E-state index contributed by atoms with van der Waals surface area (Å²) in [6.45, 7) is 0. The summed E-state index contributed by atoms with van der Waals surface area (Å²) < 4.78 is 9.48. The van der Waals surface area contributed by atoms with E-state index in [1.807, 2.05) is 0 Å². The summed E-state index contributed by atoms with van der Waals surface area (Å²) in [5, 5.41) is 4.52. The molecular weight excluding hydrogens is 438 g/mol. The number of esters is 2. The first kappa shape index (κ1) is 21.3. The Labute approximate surface area is 186 Å². The van der Waals surface area contributed by atoms with Crippen LogP contribution in [0.1, 0.15) is 37.6 Å². The topological polar surface area (TPSA) is 107 Å². The molecule has 31 heavy (non-hydrogen) atoms. The molecule has 1 aliphatic carbocycles. The fourth-order valence-corrected chi connectivity index (χ4v) is 5.63. The predicted octanol–water partition coefficient (Wildman–Crippen LogP) is 3.48. The maximum absolute atomic E-state index is 12.7. The van der Waals surface area contributed by atoms with Crippen molar-refractivity contribution in [1.82, 2.24) is 9.97 Å². The van der Waals surface area contributed by atoms with Crippen LogP contribution in [-0.4, -0.2) is 47.8 Å². The number of carbonyl (C=O) groups is 3. The van der Waals surface area contributed by atoms with Crippen molar-refractivity contribution >= 4 is 56.8 Å². The van der Waals surface area contributed by atoms with Crippen molar-refractivity contribution < 1.29 is 23.9 Å². The van der Waals surface area contributed by atoms with Gasteiger partial charge in [0.25, 0.3) is 0 Å². The molecule has 0 saturated heterocycles. The largest absolute Gasteiger partial charge is 0.465 e. The number of anilines is 1. The van der Waals surface area contributed by atoms with Gasteiger partial charge in [0.05, 0.1) is 36.8 Å².